The van der Waals surface area contributed by atoms with Crippen LogP contribution in [0.25, 0.3) is 43.1 Å². The monoisotopic (exact) mass is 606 g/mol. The summed E-state index contributed by atoms with van der Waals surface area (Å²) in [4.78, 5) is 13.1. The summed E-state index contributed by atoms with van der Waals surface area (Å²) < 4.78 is 15.5. The molecule has 1 heterocycles. The Balaban J connectivity index is 1.32. The molecule has 0 amide bonds. The topological polar surface area (TPSA) is 32.3 Å². The normalized spacial score (nSPS) is 11.5. The van der Waals surface area contributed by atoms with Crippen LogP contribution in [0.4, 0.5) is 38.6 Å². The first-order valence-corrected chi connectivity index (χ1v) is 15.6. The van der Waals surface area contributed by atoms with Crippen molar-refractivity contribution in [1.82, 2.24) is 9.97 Å². The van der Waals surface area contributed by atoms with Crippen molar-refractivity contribution in [3.8, 4) is 0 Å². The summed E-state index contributed by atoms with van der Waals surface area (Å²) in [5, 5.41) is 9.03. The van der Waals surface area contributed by atoms with Gasteiger partial charge < -0.3 is 4.90 Å². The highest BCUT2D eigenvalue weighted by atomic mass is 19.1. The van der Waals surface area contributed by atoms with Crippen molar-refractivity contribution in [3.05, 3.63) is 170 Å². The zero-order valence-corrected chi connectivity index (χ0v) is 25.3. The highest BCUT2D eigenvalue weighted by molar-refractivity contribution is 6.28. The molecule has 0 radical (unpaired) electrons. The van der Waals surface area contributed by atoms with Crippen molar-refractivity contribution in [2.45, 2.75) is 0 Å². The maximum atomic E-state index is 15.5. The van der Waals surface area contributed by atoms with E-state index in [0.717, 1.165) is 66.3 Å². The quantitative estimate of drug-likeness (QED) is 0.176. The minimum Gasteiger partial charge on any atom is -0.307 e. The standard InChI is InChI=1S/C42H27FN4/c43-36-12-6-7-13-39(36)46(32-10-2-1-3-11-32)37-22-17-29-16-21-35-38(23-18-30-15-20-34(37)41(29)42(30)35)47(40-24-25-44-27-45-40)33-19-14-28-8-4-5-9-31(28)26-33/h1-27H. The minimum absolute atomic E-state index is 0.278. The van der Waals surface area contributed by atoms with Gasteiger partial charge in [-0.2, -0.15) is 0 Å². The molecular formula is C42H27FN4. The SMILES string of the molecule is Fc1ccccc1N(c1ccccc1)c1ccc2ccc3c(N(c4ccc5ccccc5c4)c4ccncn4)ccc4ccc1c2c43. The van der Waals surface area contributed by atoms with E-state index in [4.69, 9.17) is 4.98 Å². The average molecular weight is 607 g/mol. The van der Waals surface area contributed by atoms with Gasteiger partial charge in [0.2, 0.25) is 0 Å². The number of nitrogens with zero attached hydrogens (tertiary/aromatic N) is 4. The second-order valence-electron chi connectivity index (χ2n) is 11.6. The largest absolute Gasteiger partial charge is 0.307 e. The Morgan fingerprint density at radius 3 is 1.77 bits per heavy atom. The maximum absolute atomic E-state index is 15.5. The summed E-state index contributed by atoms with van der Waals surface area (Å²) in [6.07, 6.45) is 3.37. The number of fused-ring (bicyclic) bond motifs is 1. The molecule has 0 aliphatic rings. The number of aromatic nitrogens is 2. The Hall–Kier alpha value is -6.33. The van der Waals surface area contributed by atoms with Crippen molar-refractivity contribution in [2.75, 3.05) is 9.80 Å². The van der Waals surface area contributed by atoms with Crippen LogP contribution in [0.3, 0.4) is 0 Å². The van der Waals surface area contributed by atoms with Crippen LogP contribution in [-0.4, -0.2) is 9.97 Å². The molecule has 1 aromatic heterocycles. The van der Waals surface area contributed by atoms with E-state index >= 15 is 4.39 Å². The van der Waals surface area contributed by atoms with Crippen LogP contribution in [0.1, 0.15) is 0 Å². The molecule has 9 rings (SSSR count). The molecule has 0 bridgehead atoms. The van der Waals surface area contributed by atoms with E-state index in [1.54, 1.807) is 18.6 Å². The Kier molecular flexibility index (Phi) is 6.28. The summed E-state index contributed by atoms with van der Waals surface area (Å²) in [5.74, 6) is 0.501. The lowest BCUT2D eigenvalue weighted by Crippen LogP contribution is -2.13. The fourth-order valence-corrected chi connectivity index (χ4v) is 6.90. The third-order valence-corrected chi connectivity index (χ3v) is 8.99. The van der Waals surface area contributed by atoms with E-state index in [0.29, 0.717) is 5.69 Å². The van der Waals surface area contributed by atoms with Gasteiger partial charge in [0, 0.05) is 28.3 Å². The van der Waals surface area contributed by atoms with Crippen LogP contribution in [-0.2, 0) is 0 Å². The highest BCUT2D eigenvalue weighted by Crippen LogP contribution is 2.47. The van der Waals surface area contributed by atoms with Crippen molar-refractivity contribution < 1.29 is 4.39 Å². The molecule has 5 heteroatoms. The van der Waals surface area contributed by atoms with Crippen LogP contribution in [0.15, 0.2) is 164 Å². The number of benzene rings is 8. The number of anilines is 6. The summed E-state index contributed by atoms with van der Waals surface area (Å²) in [7, 11) is 0. The molecule has 4 nitrogen and oxygen atoms in total. The first-order chi connectivity index (χ1) is 23.2. The van der Waals surface area contributed by atoms with E-state index in [-0.39, 0.29) is 5.82 Å². The van der Waals surface area contributed by atoms with Gasteiger partial charge in [-0.15, -0.1) is 0 Å². The molecule has 0 fully saturated rings. The fraction of sp³-hybridized carbons (Fsp3) is 0. The zero-order valence-electron chi connectivity index (χ0n) is 25.3. The molecule has 0 saturated heterocycles. The minimum atomic E-state index is -0.278. The number of hydrogen-bond donors (Lipinski definition) is 0. The van der Waals surface area contributed by atoms with Gasteiger partial charge in [0.25, 0.3) is 0 Å². The third-order valence-electron chi connectivity index (χ3n) is 8.99. The summed E-state index contributed by atoms with van der Waals surface area (Å²) in [5.41, 5.74) is 4.32. The Morgan fingerprint density at radius 1 is 0.447 bits per heavy atom. The number of hydrogen-bond acceptors (Lipinski definition) is 4. The van der Waals surface area contributed by atoms with Gasteiger partial charge in [-0.1, -0.05) is 97.1 Å². The van der Waals surface area contributed by atoms with Crippen molar-refractivity contribution in [1.29, 1.82) is 0 Å². The van der Waals surface area contributed by atoms with Crippen LogP contribution in [0.5, 0.6) is 0 Å². The van der Waals surface area contributed by atoms with Gasteiger partial charge in [0.1, 0.15) is 18.0 Å². The van der Waals surface area contributed by atoms with Crippen molar-refractivity contribution in [3.63, 3.8) is 0 Å². The number of halogens is 1. The second kappa shape index (κ2) is 10.9. The van der Waals surface area contributed by atoms with Crippen molar-refractivity contribution >= 4 is 77.3 Å². The molecule has 0 aliphatic carbocycles. The summed E-state index contributed by atoms with van der Waals surface area (Å²) in [6.45, 7) is 0. The molecule has 0 N–H and O–H groups in total. The fourth-order valence-electron chi connectivity index (χ4n) is 6.90. The molecule has 47 heavy (non-hydrogen) atoms. The van der Waals surface area contributed by atoms with E-state index < -0.39 is 0 Å². The van der Waals surface area contributed by atoms with E-state index in [1.807, 2.05) is 53.4 Å². The van der Waals surface area contributed by atoms with E-state index in [2.05, 4.69) is 101 Å². The van der Waals surface area contributed by atoms with Crippen LogP contribution < -0.4 is 9.80 Å². The molecule has 8 aromatic carbocycles. The summed E-state index contributed by atoms with van der Waals surface area (Å²) in [6, 6.07) is 51.1. The lowest BCUT2D eigenvalue weighted by molar-refractivity contribution is 0.629. The Morgan fingerprint density at radius 2 is 1.06 bits per heavy atom. The van der Waals surface area contributed by atoms with Crippen LogP contribution >= 0.6 is 0 Å². The van der Waals surface area contributed by atoms with E-state index in [1.165, 1.54) is 11.5 Å². The smallest absolute Gasteiger partial charge is 0.147 e. The van der Waals surface area contributed by atoms with Gasteiger partial charge in [0.05, 0.1) is 17.1 Å². The van der Waals surface area contributed by atoms with Gasteiger partial charge in [0.15, 0.2) is 0 Å². The van der Waals surface area contributed by atoms with Gasteiger partial charge in [-0.05, 0) is 86.9 Å². The molecule has 0 saturated carbocycles. The predicted octanol–water partition coefficient (Wildman–Crippen LogP) is 11.6. The molecule has 0 atom stereocenters. The maximum Gasteiger partial charge on any atom is 0.147 e. The van der Waals surface area contributed by atoms with Crippen molar-refractivity contribution in [2.24, 2.45) is 0 Å². The van der Waals surface area contributed by atoms with E-state index in [9.17, 15) is 0 Å². The second-order valence-corrected chi connectivity index (χ2v) is 11.6. The van der Waals surface area contributed by atoms with Crippen LogP contribution in [0, 0.1) is 5.82 Å². The first-order valence-electron chi connectivity index (χ1n) is 15.6. The van der Waals surface area contributed by atoms with Gasteiger partial charge in [-0.3, -0.25) is 4.90 Å². The third kappa shape index (κ3) is 4.43. The lowest BCUT2D eigenvalue weighted by Gasteiger charge is -2.29. The highest BCUT2D eigenvalue weighted by Gasteiger charge is 2.23. The first kappa shape index (κ1) is 27.0. The van der Waals surface area contributed by atoms with Gasteiger partial charge >= 0.3 is 0 Å². The Bertz CT molecular complexity index is 2550. The molecule has 9 aromatic rings. The lowest BCUT2D eigenvalue weighted by atomic mass is 9.91. The average Bonchev–Trinajstić information content (AvgIpc) is 3.13. The molecule has 0 spiro atoms. The zero-order chi connectivity index (χ0) is 31.3. The number of rotatable bonds is 6. The predicted molar refractivity (Wildman–Crippen MR) is 193 cm³/mol. The Labute approximate surface area is 270 Å². The summed E-state index contributed by atoms with van der Waals surface area (Å²) >= 11 is 0. The molecular weight excluding hydrogens is 579 g/mol. The number of para-hydroxylation sites is 2. The molecule has 222 valence electrons. The van der Waals surface area contributed by atoms with Crippen LogP contribution in [0.2, 0.25) is 0 Å². The molecule has 0 aliphatic heterocycles. The van der Waals surface area contributed by atoms with Gasteiger partial charge in [-0.25, -0.2) is 14.4 Å². The molecule has 0 unspecified atom stereocenters.